The zero-order valence-electron chi connectivity index (χ0n) is 17.1. The Morgan fingerprint density at radius 3 is 2.48 bits per heavy atom. The van der Waals surface area contributed by atoms with Crippen LogP contribution in [0.1, 0.15) is 55.2 Å². The van der Waals surface area contributed by atoms with Gasteiger partial charge in [0.1, 0.15) is 11.6 Å². The Bertz CT molecular complexity index is 953. The van der Waals surface area contributed by atoms with Crippen LogP contribution >= 0.6 is 0 Å². The number of piperidine rings is 2. The van der Waals surface area contributed by atoms with Crippen LogP contribution in [0.15, 0.2) is 12.1 Å². The summed E-state index contributed by atoms with van der Waals surface area (Å²) in [5.74, 6) is 2.10. The lowest BCUT2D eigenvalue weighted by Crippen LogP contribution is -2.49. The molecule has 0 unspecified atom stereocenters. The number of rotatable bonds is 5. The Labute approximate surface area is 172 Å². The molecule has 2 N–H and O–H groups in total. The highest BCUT2D eigenvalue weighted by Gasteiger charge is 2.35. The Balaban J connectivity index is 1.52. The average Bonchev–Trinajstić information content (AvgIpc) is 3.13. The Morgan fingerprint density at radius 1 is 1.00 bits per heavy atom. The van der Waals surface area contributed by atoms with Gasteiger partial charge in [0.2, 0.25) is 0 Å². The van der Waals surface area contributed by atoms with Gasteiger partial charge in [0.25, 0.3) is 10.2 Å². The van der Waals surface area contributed by atoms with Crippen LogP contribution in [-0.4, -0.2) is 63.4 Å². The molecule has 2 fully saturated rings. The smallest absolute Gasteiger partial charge is 0.281 e. The van der Waals surface area contributed by atoms with Crippen LogP contribution in [0.3, 0.4) is 0 Å². The van der Waals surface area contributed by atoms with E-state index >= 15 is 0 Å². The second kappa shape index (κ2) is 8.37. The number of H-pyrrole nitrogens is 1. The summed E-state index contributed by atoms with van der Waals surface area (Å²) in [5, 5.41) is 10.3. The first-order chi connectivity index (χ1) is 13.9. The van der Waals surface area contributed by atoms with E-state index in [1.165, 1.54) is 0 Å². The van der Waals surface area contributed by atoms with E-state index in [4.69, 9.17) is 0 Å². The van der Waals surface area contributed by atoms with Crippen LogP contribution in [0.5, 0.6) is 0 Å². The molecule has 4 heterocycles. The quantitative estimate of drug-likeness (QED) is 0.771. The Kier molecular flexibility index (Phi) is 5.84. The molecule has 2 saturated heterocycles. The lowest BCUT2D eigenvalue weighted by molar-refractivity contribution is 0.266. The van der Waals surface area contributed by atoms with E-state index in [1.807, 2.05) is 26.0 Å². The van der Waals surface area contributed by atoms with Gasteiger partial charge in [-0.25, -0.2) is 9.97 Å². The molecule has 0 aromatic carbocycles. The van der Waals surface area contributed by atoms with Gasteiger partial charge < -0.3 is 5.32 Å². The minimum absolute atomic E-state index is 0.0616. The van der Waals surface area contributed by atoms with Gasteiger partial charge in [0.15, 0.2) is 5.82 Å². The minimum Gasteiger partial charge on any atom is -0.323 e. The molecule has 2 aliphatic rings. The first kappa shape index (κ1) is 20.2. The molecule has 2 aromatic heterocycles. The van der Waals surface area contributed by atoms with E-state index in [9.17, 15) is 8.42 Å². The van der Waals surface area contributed by atoms with Gasteiger partial charge in [-0.05, 0) is 39.5 Å². The van der Waals surface area contributed by atoms with E-state index in [1.54, 1.807) is 8.61 Å². The standard InChI is InChI=1S/C19H29N7O2S/c1-14-11-19(24-23-14)22-18-12-17(20-15(2)21-18)16-7-6-10-26(13-16)29(27,28)25-8-4-3-5-9-25/h11-12,16H,3-10,13H2,1-2H3,(H2,20,21,22,23,24)/t16-/m1/s1. The molecule has 0 radical (unpaired) electrons. The van der Waals surface area contributed by atoms with Gasteiger partial charge in [-0.2, -0.15) is 22.1 Å². The molecule has 158 valence electrons. The third-order valence-corrected chi connectivity index (χ3v) is 7.59. The number of nitrogens with one attached hydrogen (secondary N) is 2. The second-order valence-electron chi connectivity index (χ2n) is 7.95. The predicted molar refractivity (Wildman–Crippen MR) is 111 cm³/mol. The van der Waals surface area contributed by atoms with Gasteiger partial charge in [-0.3, -0.25) is 5.10 Å². The number of anilines is 2. The van der Waals surface area contributed by atoms with E-state index in [2.05, 4.69) is 25.5 Å². The summed E-state index contributed by atoms with van der Waals surface area (Å²) < 4.78 is 29.5. The van der Waals surface area contributed by atoms with Gasteiger partial charge in [-0.1, -0.05) is 6.42 Å². The molecule has 0 amide bonds. The van der Waals surface area contributed by atoms with Gasteiger partial charge in [-0.15, -0.1) is 0 Å². The third-order valence-electron chi connectivity index (χ3n) is 5.59. The van der Waals surface area contributed by atoms with Crippen molar-refractivity contribution in [1.29, 1.82) is 0 Å². The number of nitrogens with zero attached hydrogens (tertiary/aromatic N) is 5. The maximum absolute atomic E-state index is 13.1. The molecule has 0 bridgehead atoms. The zero-order chi connectivity index (χ0) is 20.4. The van der Waals surface area contributed by atoms with E-state index in [0.29, 0.717) is 43.6 Å². The van der Waals surface area contributed by atoms with Crippen LogP contribution < -0.4 is 5.32 Å². The van der Waals surface area contributed by atoms with E-state index in [0.717, 1.165) is 43.5 Å². The Hall–Kier alpha value is -2.04. The summed E-state index contributed by atoms with van der Waals surface area (Å²) in [6, 6.07) is 3.82. The van der Waals surface area contributed by atoms with E-state index < -0.39 is 10.2 Å². The fourth-order valence-corrected chi connectivity index (χ4v) is 5.90. The van der Waals surface area contributed by atoms with Crippen molar-refractivity contribution < 1.29 is 8.42 Å². The molecular formula is C19H29N7O2S. The monoisotopic (exact) mass is 419 g/mol. The van der Waals surface area contributed by atoms with Crippen LogP contribution in [0.25, 0.3) is 0 Å². The number of hydrogen-bond donors (Lipinski definition) is 2. The summed E-state index contributed by atoms with van der Waals surface area (Å²) >= 11 is 0. The van der Waals surface area contributed by atoms with Crippen LogP contribution in [0.4, 0.5) is 11.6 Å². The summed E-state index contributed by atoms with van der Waals surface area (Å²) in [7, 11) is -3.40. The lowest BCUT2D eigenvalue weighted by atomic mass is 9.96. The van der Waals surface area contributed by atoms with Crippen molar-refractivity contribution in [2.24, 2.45) is 0 Å². The molecule has 1 atom stereocenters. The van der Waals surface area contributed by atoms with Crippen molar-refractivity contribution in [3.63, 3.8) is 0 Å². The van der Waals surface area contributed by atoms with Gasteiger partial charge in [0.05, 0.1) is 5.69 Å². The first-order valence-corrected chi connectivity index (χ1v) is 11.7. The molecule has 2 aliphatic heterocycles. The van der Waals surface area contributed by atoms with E-state index in [-0.39, 0.29) is 5.92 Å². The molecule has 2 aromatic rings. The summed E-state index contributed by atoms with van der Waals surface area (Å²) in [6.45, 7) is 6.11. The molecule has 10 heteroatoms. The zero-order valence-corrected chi connectivity index (χ0v) is 17.9. The highest BCUT2D eigenvalue weighted by molar-refractivity contribution is 7.86. The van der Waals surface area contributed by atoms with Crippen LogP contribution in [0, 0.1) is 13.8 Å². The van der Waals surface area contributed by atoms with Crippen molar-refractivity contribution >= 4 is 21.8 Å². The number of aromatic amines is 1. The molecule has 9 nitrogen and oxygen atoms in total. The van der Waals surface area contributed by atoms with Gasteiger partial charge >= 0.3 is 0 Å². The summed E-state index contributed by atoms with van der Waals surface area (Å²) in [6.07, 6.45) is 4.76. The summed E-state index contributed by atoms with van der Waals surface area (Å²) in [5.41, 5.74) is 1.84. The third kappa shape index (κ3) is 4.59. The van der Waals surface area contributed by atoms with Gasteiger partial charge in [0, 0.05) is 49.9 Å². The minimum atomic E-state index is -3.40. The molecule has 0 aliphatic carbocycles. The number of aryl methyl sites for hydroxylation is 2. The van der Waals surface area contributed by atoms with Crippen molar-refractivity contribution in [3.05, 3.63) is 29.3 Å². The largest absolute Gasteiger partial charge is 0.323 e. The maximum Gasteiger partial charge on any atom is 0.281 e. The molecule has 4 rings (SSSR count). The fraction of sp³-hybridized carbons (Fsp3) is 0.632. The highest BCUT2D eigenvalue weighted by Crippen LogP contribution is 2.30. The lowest BCUT2D eigenvalue weighted by Gasteiger charge is -2.36. The first-order valence-electron chi connectivity index (χ1n) is 10.3. The Morgan fingerprint density at radius 2 is 1.76 bits per heavy atom. The molecule has 29 heavy (non-hydrogen) atoms. The number of hydrogen-bond acceptors (Lipinski definition) is 6. The SMILES string of the molecule is Cc1nc(Nc2cc(C)[nH]n2)cc([C@@H]2CCCN(S(=O)(=O)N3CCCCC3)C2)n1. The van der Waals surface area contributed by atoms with Crippen molar-refractivity contribution in [1.82, 2.24) is 28.8 Å². The summed E-state index contributed by atoms with van der Waals surface area (Å²) in [4.78, 5) is 9.08. The average molecular weight is 420 g/mol. The van der Waals surface area contributed by atoms with Crippen molar-refractivity contribution in [3.8, 4) is 0 Å². The van der Waals surface area contributed by atoms with Crippen molar-refractivity contribution in [2.45, 2.75) is 51.9 Å². The second-order valence-corrected chi connectivity index (χ2v) is 9.88. The molecule has 0 saturated carbocycles. The topological polar surface area (TPSA) is 107 Å². The van der Waals surface area contributed by atoms with Crippen molar-refractivity contribution in [2.75, 3.05) is 31.5 Å². The molecular weight excluding hydrogens is 390 g/mol. The number of aromatic nitrogens is 4. The normalized spacial score (nSPS) is 21.9. The van der Waals surface area contributed by atoms with Crippen LogP contribution in [0.2, 0.25) is 0 Å². The fourth-order valence-electron chi connectivity index (χ4n) is 4.13. The highest BCUT2D eigenvalue weighted by atomic mass is 32.2. The van der Waals surface area contributed by atoms with Crippen LogP contribution in [-0.2, 0) is 10.2 Å². The predicted octanol–water partition coefficient (Wildman–Crippen LogP) is 2.47. The molecule has 0 spiro atoms. The maximum atomic E-state index is 13.1.